The summed E-state index contributed by atoms with van der Waals surface area (Å²) in [7, 11) is 1.66. The van der Waals surface area contributed by atoms with E-state index in [-0.39, 0.29) is 24.0 Å². The summed E-state index contributed by atoms with van der Waals surface area (Å²) in [6.45, 7) is 0.00509. The van der Waals surface area contributed by atoms with Gasteiger partial charge in [0.25, 0.3) is 0 Å². The van der Waals surface area contributed by atoms with Crippen molar-refractivity contribution in [3.8, 4) is 0 Å². The quantitative estimate of drug-likeness (QED) is 0.260. The maximum Gasteiger partial charge on any atom is 0.313 e. The summed E-state index contributed by atoms with van der Waals surface area (Å²) in [6, 6.07) is 5.75. The van der Waals surface area contributed by atoms with Crippen LogP contribution in [0.2, 0.25) is 0 Å². The Labute approximate surface area is 202 Å². The van der Waals surface area contributed by atoms with Crippen LogP contribution < -0.4 is 16.4 Å². The second-order valence-corrected chi connectivity index (χ2v) is 10.0. The van der Waals surface area contributed by atoms with E-state index in [1.165, 1.54) is 33.1 Å². The number of carboxylic acids is 1. The molecule has 0 bridgehead atoms. The van der Waals surface area contributed by atoms with Crippen LogP contribution in [-0.2, 0) is 21.4 Å². The number of urea groups is 1. The third kappa shape index (κ3) is 4.52. The molecule has 4 amide bonds. The van der Waals surface area contributed by atoms with Crippen LogP contribution in [0.25, 0.3) is 0 Å². The SMILES string of the molecule is Cn1nnnc1SCC1(C(=O)O)CS[C@@H]2C(NC(=O)C(NC(N)=O)c3ccccc3)C(=O)N2C1. The number of β-lactam (4-membered cyclic amide) rings is 1. The Bertz CT molecular complexity index is 1120. The largest absolute Gasteiger partial charge is 0.481 e. The van der Waals surface area contributed by atoms with Crippen LogP contribution in [0.15, 0.2) is 35.5 Å². The number of tetrazole rings is 1. The summed E-state index contributed by atoms with van der Waals surface area (Å²) in [5.41, 5.74) is 4.55. The fourth-order valence-corrected chi connectivity index (χ4v) is 6.49. The smallest absolute Gasteiger partial charge is 0.313 e. The lowest BCUT2D eigenvalue weighted by molar-refractivity contribution is -0.157. The molecule has 1 aromatic heterocycles. The van der Waals surface area contributed by atoms with Gasteiger partial charge in [0.05, 0.1) is 0 Å². The fourth-order valence-electron chi connectivity index (χ4n) is 3.78. The van der Waals surface area contributed by atoms with Gasteiger partial charge in [-0.3, -0.25) is 14.4 Å². The van der Waals surface area contributed by atoms with E-state index in [0.717, 1.165) is 0 Å². The zero-order valence-corrected chi connectivity index (χ0v) is 19.6. The van der Waals surface area contributed by atoms with Gasteiger partial charge in [-0.25, -0.2) is 9.48 Å². The highest BCUT2D eigenvalue weighted by molar-refractivity contribution is 8.00. The number of rotatable bonds is 8. The first-order chi connectivity index (χ1) is 16.2. The number of benzene rings is 1. The number of aryl methyl sites for hydroxylation is 1. The van der Waals surface area contributed by atoms with Gasteiger partial charge < -0.3 is 26.4 Å². The molecule has 0 spiro atoms. The molecule has 4 atom stereocenters. The highest BCUT2D eigenvalue weighted by Gasteiger charge is 2.57. The number of hydrogen-bond acceptors (Lipinski definition) is 9. The molecule has 3 heterocycles. The van der Waals surface area contributed by atoms with Gasteiger partial charge in [-0.2, -0.15) is 0 Å². The topological polar surface area (TPSA) is 185 Å². The van der Waals surface area contributed by atoms with E-state index in [4.69, 9.17) is 5.73 Å². The normalized spacial score (nSPS) is 24.5. The number of aliphatic carboxylic acids is 1. The lowest BCUT2D eigenvalue weighted by Crippen LogP contribution is -2.74. The van der Waals surface area contributed by atoms with Crippen LogP contribution in [0.5, 0.6) is 0 Å². The third-order valence-electron chi connectivity index (χ3n) is 5.64. The molecule has 2 aliphatic heterocycles. The maximum absolute atomic E-state index is 12.9. The third-order valence-corrected chi connectivity index (χ3v) is 8.53. The van der Waals surface area contributed by atoms with Crippen LogP contribution in [-0.4, -0.2) is 83.5 Å². The van der Waals surface area contributed by atoms with Crippen molar-refractivity contribution in [2.24, 2.45) is 18.2 Å². The average molecular weight is 507 g/mol. The molecule has 13 nitrogen and oxygen atoms in total. The molecule has 3 unspecified atom stereocenters. The second kappa shape index (κ2) is 9.50. The standard InChI is InChI=1S/C19H22N8O5S2/c1-26-18(23-24-25-26)34-9-19(16(30)31)7-27-14(29)12(15(27)33-8-19)21-13(28)11(22-17(20)32)10-5-3-2-4-6-10/h2-6,11-12,15H,7-9H2,1H3,(H,21,28)(H,30,31)(H3,20,22,32)/t11?,12?,15-,19?/m1/s1. The molecule has 15 heteroatoms. The number of carbonyl (C=O) groups excluding carboxylic acids is 3. The molecule has 34 heavy (non-hydrogen) atoms. The maximum atomic E-state index is 12.9. The molecule has 1 aromatic carbocycles. The molecule has 0 saturated carbocycles. The molecular weight excluding hydrogens is 484 g/mol. The Morgan fingerprint density at radius 3 is 2.71 bits per heavy atom. The Hall–Kier alpha value is -3.33. The van der Waals surface area contributed by atoms with E-state index in [2.05, 4.69) is 26.2 Å². The van der Waals surface area contributed by atoms with Gasteiger partial charge in [-0.15, -0.1) is 16.9 Å². The molecule has 0 radical (unpaired) electrons. The summed E-state index contributed by atoms with van der Waals surface area (Å²) in [6.07, 6.45) is 0. The van der Waals surface area contributed by atoms with Crippen LogP contribution in [0.4, 0.5) is 4.79 Å². The predicted octanol–water partition coefficient (Wildman–Crippen LogP) is -0.817. The molecular formula is C19H22N8O5S2. The van der Waals surface area contributed by atoms with E-state index in [1.807, 2.05) is 0 Å². The summed E-state index contributed by atoms with van der Waals surface area (Å²) in [5.74, 6) is -1.56. The molecule has 2 saturated heterocycles. The number of nitrogens with one attached hydrogen (secondary N) is 2. The van der Waals surface area contributed by atoms with E-state index in [1.54, 1.807) is 37.4 Å². The van der Waals surface area contributed by atoms with Gasteiger partial charge in [-0.05, 0) is 16.0 Å². The van der Waals surface area contributed by atoms with Gasteiger partial charge >= 0.3 is 12.0 Å². The highest BCUT2D eigenvalue weighted by Crippen LogP contribution is 2.44. The molecule has 2 aliphatic rings. The zero-order valence-electron chi connectivity index (χ0n) is 18.0. The van der Waals surface area contributed by atoms with Crippen molar-refractivity contribution in [3.63, 3.8) is 0 Å². The van der Waals surface area contributed by atoms with E-state index < -0.39 is 40.8 Å². The predicted molar refractivity (Wildman–Crippen MR) is 121 cm³/mol. The van der Waals surface area contributed by atoms with Crippen LogP contribution >= 0.6 is 23.5 Å². The van der Waals surface area contributed by atoms with Crippen LogP contribution in [0.1, 0.15) is 11.6 Å². The number of primary amides is 1. The summed E-state index contributed by atoms with van der Waals surface area (Å²) < 4.78 is 1.45. The zero-order chi connectivity index (χ0) is 24.5. The highest BCUT2D eigenvalue weighted by atomic mass is 32.2. The molecule has 0 aliphatic carbocycles. The summed E-state index contributed by atoms with van der Waals surface area (Å²) in [5, 5.41) is 26.2. The van der Waals surface area contributed by atoms with Crippen molar-refractivity contribution in [1.82, 2.24) is 35.7 Å². The van der Waals surface area contributed by atoms with Crippen LogP contribution in [0.3, 0.4) is 0 Å². The minimum atomic E-state index is -1.19. The molecule has 180 valence electrons. The van der Waals surface area contributed by atoms with Gasteiger partial charge in [0.2, 0.25) is 17.0 Å². The van der Waals surface area contributed by atoms with Crippen LogP contribution in [0, 0.1) is 5.41 Å². The van der Waals surface area contributed by atoms with E-state index in [0.29, 0.717) is 10.7 Å². The lowest BCUT2D eigenvalue weighted by Gasteiger charge is -2.53. The number of thioether (sulfide) groups is 2. The van der Waals surface area contributed by atoms with Gasteiger partial charge in [-0.1, -0.05) is 42.1 Å². The minimum absolute atomic E-state index is 0.00509. The number of nitrogens with two attached hydrogens (primary N) is 1. The van der Waals surface area contributed by atoms with Crippen molar-refractivity contribution in [1.29, 1.82) is 0 Å². The van der Waals surface area contributed by atoms with Crippen molar-refractivity contribution < 1.29 is 24.3 Å². The molecule has 2 aromatic rings. The first-order valence-corrected chi connectivity index (χ1v) is 12.2. The Kier molecular flexibility index (Phi) is 6.65. The number of nitrogens with zero attached hydrogens (tertiary/aromatic N) is 5. The Balaban J connectivity index is 1.43. The van der Waals surface area contributed by atoms with E-state index >= 15 is 0 Å². The van der Waals surface area contributed by atoms with Gasteiger partial charge in [0.1, 0.15) is 22.9 Å². The molecule has 5 N–H and O–H groups in total. The minimum Gasteiger partial charge on any atom is -0.481 e. The van der Waals surface area contributed by atoms with Crippen molar-refractivity contribution >= 4 is 47.3 Å². The number of fused-ring (bicyclic) bond motifs is 1. The summed E-state index contributed by atoms with van der Waals surface area (Å²) >= 11 is 2.50. The summed E-state index contributed by atoms with van der Waals surface area (Å²) in [4.78, 5) is 50.8. The molecule has 2 fully saturated rings. The van der Waals surface area contributed by atoms with Crippen molar-refractivity contribution in [3.05, 3.63) is 35.9 Å². The number of hydrogen-bond donors (Lipinski definition) is 4. The van der Waals surface area contributed by atoms with E-state index in [9.17, 15) is 24.3 Å². The number of carbonyl (C=O) groups is 4. The fraction of sp³-hybridized carbons (Fsp3) is 0.421. The van der Waals surface area contributed by atoms with Crippen molar-refractivity contribution in [2.75, 3.05) is 18.1 Å². The first kappa shape index (κ1) is 23.8. The number of amides is 4. The second-order valence-electron chi connectivity index (χ2n) is 7.97. The average Bonchev–Trinajstić information content (AvgIpc) is 3.24. The first-order valence-electron chi connectivity index (χ1n) is 10.1. The number of carboxylic acid groups (broad SMARTS) is 1. The Morgan fingerprint density at radius 2 is 2.09 bits per heavy atom. The van der Waals surface area contributed by atoms with Gasteiger partial charge in [0.15, 0.2) is 0 Å². The van der Waals surface area contributed by atoms with Crippen molar-refractivity contribution in [2.45, 2.75) is 22.6 Å². The molecule has 4 rings (SSSR count). The lowest BCUT2D eigenvalue weighted by atomic mass is 9.89. The number of aromatic nitrogens is 4. The monoisotopic (exact) mass is 506 g/mol. The van der Waals surface area contributed by atoms with Gasteiger partial charge in [0, 0.05) is 25.1 Å². The Morgan fingerprint density at radius 1 is 1.35 bits per heavy atom.